The molecule has 0 aliphatic heterocycles. The lowest BCUT2D eigenvalue weighted by Gasteiger charge is -2.14. The number of H-pyrrole nitrogens is 1. The molecule has 0 aromatic carbocycles. The first-order valence-corrected chi connectivity index (χ1v) is 10.2. The van der Waals surface area contributed by atoms with Gasteiger partial charge in [-0.15, -0.1) is 22.7 Å². The van der Waals surface area contributed by atoms with Crippen LogP contribution in [-0.4, -0.2) is 27.0 Å². The van der Waals surface area contributed by atoms with Crippen molar-refractivity contribution < 1.29 is 9.59 Å². The summed E-state index contributed by atoms with van der Waals surface area (Å²) >= 11 is 2.84. The third-order valence-electron chi connectivity index (χ3n) is 3.71. The smallest absolute Gasteiger partial charge is 0.231 e. The molecule has 142 valence electrons. The second kappa shape index (κ2) is 8.01. The van der Waals surface area contributed by atoms with Crippen molar-refractivity contribution in [1.29, 1.82) is 0 Å². The zero-order valence-corrected chi connectivity index (χ0v) is 17.0. The number of aromatic nitrogens is 3. The number of amides is 2. The number of aromatic amines is 1. The average Bonchev–Trinajstić information content (AvgIpc) is 3.29. The summed E-state index contributed by atoms with van der Waals surface area (Å²) in [4.78, 5) is 29.5. The maximum absolute atomic E-state index is 12.2. The first-order valence-electron chi connectivity index (χ1n) is 8.42. The summed E-state index contributed by atoms with van der Waals surface area (Å²) < 4.78 is 0. The molecule has 0 unspecified atom stereocenters. The van der Waals surface area contributed by atoms with Gasteiger partial charge in [0.2, 0.25) is 11.8 Å². The van der Waals surface area contributed by atoms with E-state index in [0.29, 0.717) is 23.1 Å². The molecule has 2 amide bonds. The number of thiazole rings is 1. The lowest BCUT2D eigenvalue weighted by molar-refractivity contribution is -0.116. The van der Waals surface area contributed by atoms with E-state index >= 15 is 0 Å². The van der Waals surface area contributed by atoms with Crippen molar-refractivity contribution in [3.8, 4) is 0 Å². The Morgan fingerprint density at radius 3 is 2.59 bits per heavy atom. The van der Waals surface area contributed by atoms with Crippen LogP contribution in [0.4, 0.5) is 10.9 Å². The molecular formula is C18H21N5O2S2. The molecule has 0 saturated heterocycles. The molecule has 3 aromatic rings. The van der Waals surface area contributed by atoms with E-state index in [0.717, 1.165) is 10.6 Å². The van der Waals surface area contributed by atoms with Crippen molar-refractivity contribution in [1.82, 2.24) is 15.2 Å². The summed E-state index contributed by atoms with van der Waals surface area (Å²) in [5.41, 5.74) is 1.49. The molecule has 0 radical (unpaired) electrons. The first kappa shape index (κ1) is 19.2. The highest BCUT2D eigenvalue weighted by atomic mass is 32.1. The minimum absolute atomic E-state index is 0.0683. The van der Waals surface area contributed by atoms with Crippen molar-refractivity contribution in [2.24, 2.45) is 0 Å². The standard InChI is InChI=1S/C18H21N5O2S2/c1-18(2,3)13-9-14(23-22-13)20-15(24)7-11-10-27-17(19-11)21-16(25)8-12-5-4-6-26-12/h4-6,9-10H,7-8H2,1-3H3,(H,19,21,25)(H2,20,22,23,24). The van der Waals surface area contributed by atoms with Gasteiger partial charge in [-0.1, -0.05) is 26.8 Å². The summed E-state index contributed by atoms with van der Waals surface area (Å²) in [6, 6.07) is 5.66. The fraction of sp³-hybridized carbons (Fsp3) is 0.333. The highest BCUT2D eigenvalue weighted by Crippen LogP contribution is 2.22. The number of nitrogens with zero attached hydrogens (tertiary/aromatic N) is 2. The summed E-state index contributed by atoms with van der Waals surface area (Å²) in [6.45, 7) is 6.20. The predicted molar refractivity (Wildman–Crippen MR) is 108 cm³/mol. The number of rotatable bonds is 6. The molecule has 0 spiro atoms. The third kappa shape index (κ3) is 5.48. The van der Waals surface area contributed by atoms with Gasteiger partial charge in [-0.2, -0.15) is 5.10 Å². The maximum atomic E-state index is 12.2. The molecule has 7 nitrogen and oxygen atoms in total. The zero-order chi connectivity index (χ0) is 19.4. The molecule has 3 heterocycles. The highest BCUT2D eigenvalue weighted by Gasteiger charge is 2.18. The fourth-order valence-corrected chi connectivity index (χ4v) is 3.73. The van der Waals surface area contributed by atoms with Gasteiger partial charge in [-0.05, 0) is 11.4 Å². The molecule has 3 aromatic heterocycles. The summed E-state index contributed by atoms with van der Waals surface area (Å²) in [7, 11) is 0. The molecule has 0 aliphatic carbocycles. The van der Waals surface area contributed by atoms with Gasteiger partial charge in [0.25, 0.3) is 0 Å². The molecular weight excluding hydrogens is 382 g/mol. The van der Waals surface area contributed by atoms with Gasteiger partial charge in [-0.3, -0.25) is 14.7 Å². The molecule has 3 rings (SSSR count). The molecule has 27 heavy (non-hydrogen) atoms. The van der Waals surface area contributed by atoms with E-state index in [2.05, 4.69) is 46.6 Å². The molecule has 0 aliphatic rings. The Bertz CT molecular complexity index is 922. The SMILES string of the molecule is CC(C)(C)c1cc(NC(=O)Cc2csc(NC(=O)Cc3cccs3)n2)n[nH]1. The first-order chi connectivity index (χ1) is 12.8. The number of carbonyl (C=O) groups excluding carboxylic acids is 2. The number of thiophene rings is 1. The van der Waals surface area contributed by atoms with Gasteiger partial charge >= 0.3 is 0 Å². The largest absolute Gasteiger partial charge is 0.309 e. The predicted octanol–water partition coefficient (Wildman–Crippen LogP) is 3.59. The number of carbonyl (C=O) groups is 2. The Balaban J connectivity index is 1.51. The fourth-order valence-electron chi connectivity index (χ4n) is 2.30. The molecule has 0 fully saturated rings. The third-order valence-corrected chi connectivity index (χ3v) is 5.39. The van der Waals surface area contributed by atoms with Crippen LogP contribution >= 0.6 is 22.7 Å². The molecule has 0 saturated carbocycles. The Hall–Kier alpha value is -2.52. The van der Waals surface area contributed by atoms with E-state index in [1.807, 2.05) is 23.6 Å². The van der Waals surface area contributed by atoms with E-state index in [4.69, 9.17) is 0 Å². The maximum Gasteiger partial charge on any atom is 0.231 e. The van der Waals surface area contributed by atoms with Crippen LogP contribution in [0.3, 0.4) is 0 Å². The van der Waals surface area contributed by atoms with Crippen LogP contribution in [-0.2, 0) is 27.8 Å². The van der Waals surface area contributed by atoms with Gasteiger partial charge in [0.15, 0.2) is 10.9 Å². The lowest BCUT2D eigenvalue weighted by atomic mass is 9.92. The Morgan fingerprint density at radius 1 is 1.15 bits per heavy atom. The molecule has 9 heteroatoms. The van der Waals surface area contributed by atoms with Crippen LogP contribution in [0.25, 0.3) is 0 Å². The minimum Gasteiger partial charge on any atom is -0.309 e. The molecule has 0 atom stereocenters. The topological polar surface area (TPSA) is 99.8 Å². The van der Waals surface area contributed by atoms with E-state index in [9.17, 15) is 9.59 Å². The van der Waals surface area contributed by atoms with Crippen molar-refractivity contribution in [2.75, 3.05) is 10.6 Å². The van der Waals surface area contributed by atoms with E-state index in [1.54, 1.807) is 16.7 Å². The van der Waals surface area contributed by atoms with E-state index < -0.39 is 0 Å². The monoisotopic (exact) mass is 403 g/mol. The average molecular weight is 404 g/mol. The van der Waals surface area contributed by atoms with Crippen molar-refractivity contribution in [3.05, 3.63) is 45.2 Å². The van der Waals surface area contributed by atoms with Gasteiger partial charge in [0.1, 0.15) is 0 Å². The second-order valence-electron chi connectivity index (χ2n) is 7.09. The quantitative estimate of drug-likeness (QED) is 0.586. The Morgan fingerprint density at radius 2 is 1.93 bits per heavy atom. The van der Waals surface area contributed by atoms with Gasteiger partial charge in [0, 0.05) is 27.4 Å². The minimum atomic E-state index is -0.205. The lowest BCUT2D eigenvalue weighted by Crippen LogP contribution is -2.16. The van der Waals surface area contributed by atoms with Crippen LogP contribution in [0.2, 0.25) is 0 Å². The van der Waals surface area contributed by atoms with Crippen molar-refractivity contribution >= 4 is 45.4 Å². The number of anilines is 2. The van der Waals surface area contributed by atoms with Crippen LogP contribution in [0.1, 0.15) is 37.0 Å². The number of nitrogens with one attached hydrogen (secondary N) is 3. The number of hydrogen-bond donors (Lipinski definition) is 3. The molecule has 3 N–H and O–H groups in total. The van der Waals surface area contributed by atoms with Crippen molar-refractivity contribution in [3.63, 3.8) is 0 Å². The normalized spacial score (nSPS) is 11.4. The summed E-state index contributed by atoms with van der Waals surface area (Å²) in [5, 5.41) is 16.8. The van der Waals surface area contributed by atoms with E-state index in [-0.39, 0.29) is 23.7 Å². The van der Waals surface area contributed by atoms with Crippen LogP contribution in [0.5, 0.6) is 0 Å². The summed E-state index contributed by atoms with van der Waals surface area (Å²) in [5.74, 6) is 0.169. The Labute approximate surface area is 165 Å². The van der Waals surface area contributed by atoms with Gasteiger partial charge in [-0.25, -0.2) is 4.98 Å². The zero-order valence-electron chi connectivity index (χ0n) is 15.3. The van der Waals surface area contributed by atoms with Crippen LogP contribution < -0.4 is 10.6 Å². The van der Waals surface area contributed by atoms with E-state index in [1.165, 1.54) is 11.3 Å². The molecule has 0 bridgehead atoms. The van der Waals surface area contributed by atoms with Gasteiger partial charge < -0.3 is 10.6 Å². The number of hydrogen-bond acceptors (Lipinski definition) is 6. The van der Waals surface area contributed by atoms with Crippen molar-refractivity contribution in [2.45, 2.75) is 39.0 Å². The highest BCUT2D eigenvalue weighted by molar-refractivity contribution is 7.14. The van der Waals surface area contributed by atoms with Crippen LogP contribution in [0.15, 0.2) is 29.0 Å². The Kier molecular flexibility index (Phi) is 5.71. The second-order valence-corrected chi connectivity index (χ2v) is 8.98. The van der Waals surface area contributed by atoms with Gasteiger partial charge in [0.05, 0.1) is 18.5 Å². The van der Waals surface area contributed by atoms with Crippen LogP contribution in [0, 0.1) is 0 Å². The summed E-state index contributed by atoms with van der Waals surface area (Å²) in [6.07, 6.45) is 0.442.